The number of ether oxygens (including phenoxy) is 1. The summed E-state index contributed by atoms with van der Waals surface area (Å²) in [4.78, 5) is 34.5. The van der Waals surface area contributed by atoms with Crippen molar-refractivity contribution in [2.24, 2.45) is 5.92 Å². The van der Waals surface area contributed by atoms with Crippen molar-refractivity contribution in [3.05, 3.63) is 0 Å². The number of imide groups is 1. The van der Waals surface area contributed by atoms with Gasteiger partial charge < -0.3 is 9.53 Å². The SMILES string of the molecule is COC(=O)NC(=O)CN1CCC(C=O)CC1. The van der Waals surface area contributed by atoms with Crippen LogP contribution in [-0.4, -0.2) is 49.9 Å². The Morgan fingerprint density at radius 1 is 1.44 bits per heavy atom. The van der Waals surface area contributed by atoms with E-state index in [1.54, 1.807) is 0 Å². The second-order valence-electron chi connectivity index (χ2n) is 3.79. The molecule has 0 unspecified atom stereocenters. The van der Waals surface area contributed by atoms with Crippen LogP contribution in [0, 0.1) is 5.92 Å². The lowest BCUT2D eigenvalue weighted by molar-refractivity contribution is -0.122. The zero-order valence-electron chi connectivity index (χ0n) is 9.27. The van der Waals surface area contributed by atoms with E-state index in [4.69, 9.17) is 0 Å². The number of aldehydes is 1. The number of amides is 2. The van der Waals surface area contributed by atoms with E-state index in [2.05, 4.69) is 10.1 Å². The van der Waals surface area contributed by atoms with Crippen LogP contribution < -0.4 is 5.32 Å². The van der Waals surface area contributed by atoms with Crippen LogP contribution in [0.25, 0.3) is 0 Å². The fourth-order valence-electron chi connectivity index (χ4n) is 1.65. The third kappa shape index (κ3) is 3.98. The lowest BCUT2D eigenvalue weighted by atomic mass is 9.99. The van der Waals surface area contributed by atoms with Crippen molar-refractivity contribution in [2.45, 2.75) is 12.8 Å². The maximum Gasteiger partial charge on any atom is 0.413 e. The minimum absolute atomic E-state index is 0.111. The number of alkyl carbamates (subject to hydrolysis) is 1. The molecule has 16 heavy (non-hydrogen) atoms. The molecule has 0 aliphatic carbocycles. The molecule has 0 aromatic rings. The van der Waals surface area contributed by atoms with E-state index in [0.29, 0.717) is 13.1 Å². The Labute approximate surface area is 93.9 Å². The third-order valence-corrected chi connectivity index (χ3v) is 2.62. The fraction of sp³-hybridized carbons (Fsp3) is 0.700. The van der Waals surface area contributed by atoms with Crippen LogP contribution in [0.5, 0.6) is 0 Å². The standard InChI is InChI=1S/C10H16N2O4/c1-16-10(15)11-9(14)6-12-4-2-8(7-13)3-5-12/h7-8H,2-6H2,1H3,(H,11,14,15). The number of hydrogen-bond donors (Lipinski definition) is 1. The van der Waals surface area contributed by atoms with Gasteiger partial charge in [-0.1, -0.05) is 0 Å². The van der Waals surface area contributed by atoms with Crippen molar-refractivity contribution >= 4 is 18.3 Å². The summed E-state index contributed by atoms with van der Waals surface area (Å²) in [7, 11) is 1.21. The van der Waals surface area contributed by atoms with Crippen LogP contribution in [0.1, 0.15) is 12.8 Å². The second kappa shape index (κ2) is 6.22. The van der Waals surface area contributed by atoms with Gasteiger partial charge in [0.1, 0.15) is 6.29 Å². The van der Waals surface area contributed by atoms with Gasteiger partial charge >= 0.3 is 6.09 Å². The third-order valence-electron chi connectivity index (χ3n) is 2.62. The molecule has 1 N–H and O–H groups in total. The predicted octanol–water partition coefficient (Wildman–Crippen LogP) is -0.220. The number of nitrogens with zero attached hydrogens (tertiary/aromatic N) is 1. The second-order valence-corrected chi connectivity index (χ2v) is 3.79. The van der Waals surface area contributed by atoms with E-state index in [-0.39, 0.29) is 18.4 Å². The molecule has 1 aliphatic heterocycles. The van der Waals surface area contributed by atoms with Crippen molar-refractivity contribution < 1.29 is 19.1 Å². The first-order valence-electron chi connectivity index (χ1n) is 5.21. The minimum atomic E-state index is -0.743. The first kappa shape index (κ1) is 12.6. The molecule has 0 atom stereocenters. The number of hydrogen-bond acceptors (Lipinski definition) is 5. The highest BCUT2D eigenvalue weighted by molar-refractivity contribution is 5.92. The van der Waals surface area contributed by atoms with Gasteiger partial charge in [-0.15, -0.1) is 0 Å². The van der Waals surface area contributed by atoms with Gasteiger partial charge in [-0.05, 0) is 25.9 Å². The van der Waals surface area contributed by atoms with Crippen molar-refractivity contribution in [3.63, 3.8) is 0 Å². The number of likely N-dealkylation sites (tertiary alicyclic amines) is 1. The molecule has 0 aromatic heterocycles. The fourth-order valence-corrected chi connectivity index (χ4v) is 1.65. The zero-order chi connectivity index (χ0) is 12.0. The number of methoxy groups -OCH3 is 1. The Bertz CT molecular complexity index is 272. The van der Waals surface area contributed by atoms with Gasteiger partial charge in [0, 0.05) is 5.92 Å². The molecule has 6 heteroatoms. The molecular weight excluding hydrogens is 212 g/mol. The highest BCUT2D eigenvalue weighted by atomic mass is 16.5. The molecular formula is C10H16N2O4. The van der Waals surface area contributed by atoms with Gasteiger partial charge in [0.15, 0.2) is 0 Å². The minimum Gasteiger partial charge on any atom is -0.453 e. The summed E-state index contributed by atoms with van der Waals surface area (Å²) in [5, 5.41) is 2.09. The first-order valence-corrected chi connectivity index (χ1v) is 5.21. The number of carbonyl (C=O) groups is 3. The number of nitrogens with one attached hydrogen (secondary N) is 1. The van der Waals surface area contributed by atoms with Gasteiger partial charge in [-0.25, -0.2) is 4.79 Å². The molecule has 6 nitrogen and oxygen atoms in total. The topological polar surface area (TPSA) is 75.7 Å². The van der Waals surface area contributed by atoms with Crippen molar-refractivity contribution in [1.29, 1.82) is 0 Å². The molecule has 0 saturated carbocycles. The van der Waals surface area contributed by atoms with Crippen LogP contribution in [0.15, 0.2) is 0 Å². The van der Waals surface area contributed by atoms with Gasteiger partial charge in [0.05, 0.1) is 13.7 Å². The monoisotopic (exact) mass is 228 g/mol. The van der Waals surface area contributed by atoms with Gasteiger partial charge in [-0.3, -0.25) is 15.0 Å². The maximum absolute atomic E-state index is 11.3. The van der Waals surface area contributed by atoms with Gasteiger partial charge in [-0.2, -0.15) is 0 Å². The van der Waals surface area contributed by atoms with Crippen LogP contribution in [0.4, 0.5) is 4.79 Å². The maximum atomic E-state index is 11.3. The Morgan fingerprint density at radius 2 is 2.06 bits per heavy atom. The molecule has 1 saturated heterocycles. The quantitative estimate of drug-likeness (QED) is 0.676. The highest BCUT2D eigenvalue weighted by Crippen LogP contribution is 2.14. The number of rotatable bonds is 3. The molecule has 90 valence electrons. The largest absolute Gasteiger partial charge is 0.453 e. The molecule has 1 aliphatic rings. The molecule has 2 amide bonds. The summed E-state index contributed by atoms with van der Waals surface area (Å²) in [5.41, 5.74) is 0. The summed E-state index contributed by atoms with van der Waals surface area (Å²) < 4.78 is 4.31. The highest BCUT2D eigenvalue weighted by Gasteiger charge is 2.20. The molecule has 0 bridgehead atoms. The molecule has 0 radical (unpaired) electrons. The summed E-state index contributed by atoms with van der Waals surface area (Å²) in [6.07, 6.45) is 1.77. The van der Waals surface area contributed by atoms with E-state index in [0.717, 1.165) is 19.1 Å². The van der Waals surface area contributed by atoms with E-state index in [1.165, 1.54) is 7.11 Å². The van der Waals surface area contributed by atoms with Crippen LogP contribution in [0.2, 0.25) is 0 Å². The first-order chi connectivity index (χ1) is 7.65. The van der Waals surface area contributed by atoms with E-state index in [9.17, 15) is 14.4 Å². The Kier molecular flexibility index (Phi) is 4.91. The summed E-state index contributed by atoms with van der Waals surface area (Å²) in [6, 6.07) is 0. The van der Waals surface area contributed by atoms with Gasteiger partial charge in [0.25, 0.3) is 0 Å². The average Bonchev–Trinajstić information content (AvgIpc) is 2.29. The lowest BCUT2D eigenvalue weighted by Gasteiger charge is -2.28. The summed E-state index contributed by atoms with van der Waals surface area (Å²) in [6.45, 7) is 1.58. The molecule has 1 heterocycles. The zero-order valence-corrected chi connectivity index (χ0v) is 9.27. The van der Waals surface area contributed by atoms with Crippen molar-refractivity contribution in [2.75, 3.05) is 26.7 Å². The van der Waals surface area contributed by atoms with Crippen LogP contribution in [0.3, 0.4) is 0 Å². The lowest BCUT2D eigenvalue weighted by Crippen LogP contribution is -2.43. The normalized spacial score (nSPS) is 17.8. The molecule has 1 rings (SSSR count). The molecule has 0 spiro atoms. The smallest absolute Gasteiger partial charge is 0.413 e. The Morgan fingerprint density at radius 3 is 2.56 bits per heavy atom. The molecule has 1 fully saturated rings. The Hall–Kier alpha value is -1.43. The summed E-state index contributed by atoms with van der Waals surface area (Å²) in [5.74, 6) is -0.267. The van der Waals surface area contributed by atoms with Crippen molar-refractivity contribution in [1.82, 2.24) is 10.2 Å². The van der Waals surface area contributed by atoms with Crippen LogP contribution in [-0.2, 0) is 14.3 Å². The van der Waals surface area contributed by atoms with Gasteiger partial charge in [0.2, 0.25) is 5.91 Å². The Balaban J connectivity index is 2.25. The number of carbonyl (C=O) groups excluding carboxylic acids is 3. The van der Waals surface area contributed by atoms with Crippen molar-refractivity contribution in [3.8, 4) is 0 Å². The molecule has 0 aromatic carbocycles. The average molecular weight is 228 g/mol. The van der Waals surface area contributed by atoms with Crippen LogP contribution >= 0.6 is 0 Å². The van der Waals surface area contributed by atoms with E-state index in [1.807, 2.05) is 4.90 Å². The predicted molar refractivity (Wildman–Crippen MR) is 55.8 cm³/mol. The van der Waals surface area contributed by atoms with E-state index >= 15 is 0 Å². The van der Waals surface area contributed by atoms with E-state index < -0.39 is 6.09 Å². The summed E-state index contributed by atoms with van der Waals surface area (Å²) >= 11 is 0. The number of piperidine rings is 1.